The van der Waals surface area contributed by atoms with Crippen LogP contribution in [0.1, 0.15) is 40.3 Å². The second-order valence-electron chi connectivity index (χ2n) is 5.83. The zero-order valence-electron chi connectivity index (χ0n) is 14.1. The molecule has 132 valence electrons. The Kier molecular flexibility index (Phi) is 5.55. The summed E-state index contributed by atoms with van der Waals surface area (Å²) in [7, 11) is 0. The third kappa shape index (κ3) is 4.62. The van der Waals surface area contributed by atoms with E-state index in [9.17, 15) is 9.90 Å². The molecule has 2 aromatic heterocycles. The first-order valence-electron chi connectivity index (χ1n) is 8.03. The number of aromatic nitrogens is 3. The summed E-state index contributed by atoms with van der Waals surface area (Å²) >= 11 is 5.99. The molecule has 26 heavy (non-hydrogen) atoms. The minimum absolute atomic E-state index is 0.152. The molecule has 6 nitrogen and oxygen atoms in total. The number of benzene rings is 1. The van der Waals surface area contributed by atoms with Gasteiger partial charge in [-0.25, -0.2) is 4.98 Å². The molecule has 2 N–H and O–H groups in total. The highest BCUT2D eigenvalue weighted by Gasteiger charge is 2.11. The summed E-state index contributed by atoms with van der Waals surface area (Å²) in [6.45, 7) is 1.58. The molecule has 3 aromatic rings. The van der Waals surface area contributed by atoms with Crippen molar-refractivity contribution in [1.82, 2.24) is 15.2 Å². The van der Waals surface area contributed by atoms with Crippen molar-refractivity contribution in [2.24, 2.45) is 0 Å². The molecule has 0 fully saturated rings. The Hall–Kier alpha value is -2.83. The van der Waals surface area contributed by atoms with E-state index in [-0.39, 0.29) is 5.69 Å². The lowest BCUT2D eigenvalue weighted by Gasteiger charge is -2.07. The first-order valence-corrected chi connectivity index (χ1v) is 8.41. The molecule has 1 atom stereocenters. The molecule has 1 unspecified atom stereocenters. The summed E-state index contributed by atoms with van der Waals surface area (Å²) in [5.74, 6) is 0.0102. The quantitative estimate of drug-likeness (QED) is 0.720. The smallest absolute Gasteiger partial charge is 0.277 e. The highest BCUT2D eigenvalue weighted by atomic mass is 35.5. The normalized spacial score (nSPS) is 11.8. The number of carbonyl (C=O) groups excluding carboxylic acids is 1. The van der Waals surface area contributed by atoms with Crippen LogP contribution in [0.25, 0.3) is 0 Å². The van der Waals surface area contributed by atoms with E-state index in [0.717, 1.165) is 11.1 Å². The van der Waals surface area contributed by atoms with Gasteiger partial charge in [0, 0.05) is 11.2 Å². The molecule has 7 heteroatoms. The Balaban J connectivity index is 1.64. The zero-order chi connectivity index (χ0) is 18.5. The van der Waals surface area contributed by atoms with Crippen molar-refractivity contribution in [3.05, 3.63) is 82.3 Å². The Morgan fingerprint density at radius 3 is 2.62 bits per heavy atom. The van der Waals surface area contributed by atoms with Crippen LogP contribution in [0.4, 0.5) is 5.82 Å². The molecule has 0 spiro atoms. The number of nitrogens with zero attached hydrogens (tertiary/aromatic N) is 3. The Bertz CT molecular complexity index is 896. The Morgan fingerprint density at radius 1 is 1.15 bits per heavy atom. The molecule has 2 heterocycles. The predicted molar refractivity (Wildman–Crippen MR) is 99.1 cm³/mol. The molecule has 0 aliphatic heterocycles. The predicted octanol–water partition coefficient (Wildman–Crippen LogP) is 3.42. The number of hydrogen-bond acceptors (Lipinski definition) is 5. The van der Waals surface area contributed by atoms with Crippen LogP contribution in [0, 0.1) is 0 Å². The standard InChI is InChI=1S/C19H17ClN4O2/c1-12(25)16-6-7-17(24-23-16)19(26)22-18-8-5-14(11-21-18)9-13-3-2-4-15(20)10-13/h2-8,10-12,25H,9H2,1H3,(H,21,22,26). The number of aliphatic hydroxyl groups excluding tert-OH is 1. The first kappa shape index (κ1) is 18.0. The summed E-state index contributed by atoms with van der Waals surface area (Å²) in [4.78, 5) is 16.4. The van der Waals surface area contributed by atoms with Gasteiger partial charge in [-0.15, -0.1) is 5.10 Å². The maximum Gasteiger partial charge on any atom is 0.277 e. The van der Waals surface area contributed by atoms with Crippen molar-refractivity contribution in [1.29, 1.82) is 0 Å². The molecule has 1 aromatic carbocycles. The van der Waals surface area contributed by atoms with E-state index >= 15 is 0 Å². The summed E-state index contributed by atoms with van der Waals surface area (Å²) in [6.07, 6.45) is 1.68. The molecule has 0 saturated heterocycles. The Morgan fingerprint density at radius 2 is 2.00 bits per heavy atom. The summed E-state index contributed by atoms with van der Waals surface area (Å²) in [5, 5.41) is 20.4. The van der Waals surface area contributed by atoms with Gasteiger partial charge in [0.1, 0.15) is 5.82 Å². The lowest BCUT2D eigenvalue weighted by molar-refractivity contribution is 0.102. The minimum atomic E-state index is -0.728. The summed E-state index contributed by atoms with van der Waals surface area (Å²) in [6, 6.07) is 14.3. The van der Waals surface area contributed by atoms with Crippen molar-refractivity contribution in [2.75, 3.05) is 5.32 Å². The van der Waals surface area contributed by atoms with Gasteiger partial charge in [-0.05, 0) is 54.8 Å². The molecular formula is C19H17ClN4O2. The van der Waals surface area contributed by atoms with Crippen molar-refractivity contribution in [3.63, 3.8) is 0 Å². The monoisotopic (exact) mass is 368 g/mol. The molecule has 0 saturated carbocycles. The number of amides is 1. The average molecular weight is 369 g/mol. The number of anilines is 1. The summed E-state index contributed by atoms with van der Waals surface area (Å²) < 4.78 is 0. The highest BCUT2D eigenvalue weighted by Crippen LogP contribution is 2.15. The molecule has 0 radical (unpaired) electrons. The molecule has 1 amide bonds. The van der Waals surface area contributed by atoms with E-state index in [0.29, 0.717) is 23.0 Å². The number of aliphatic hydroxyl groups is 1. The van der Waals surface area contributed by atoms with Crippen LogP contribution in [-0.4, -0.2) is 26.2 Å². The fourth-order valence-electron chi connectivity index (χ4n) is 2.35. The van der Waals surface area contributed by atoms with Crippen LogP contribution in [-0.2, 0) is 6.42 Å². The maximum absolute atomic E-state index is 12.2. The SMILES string of the molecule is CC(O)c1ccc(C(=O)Nc2ccc(Cc3cccc(Cl)c3)cn2)nn1. The van der Waals surface area contributed by atoms with Crippen molar-refractivity contribution < 1.29 is 9.90 Å². The lowest BCUT2D eigenvalue weighted by Crippen LogP contribution is -2.16. The molecule has 0 aliphatic rings. The van der Waals surface area contributed by atoms with Crippen molar-refractivity contribution >= 4 is 23.3 Å². The van der Waals surface area contributed by atoms with Gasteiger partial charge in [0.2, 0.25) is 0 Å². The first-order chi connectivity index (χ1) is 12.5. The van der Waals surface area contributed by atoms with E-state index in [1.165, 1.54) is 6.07 Å². The molecule has 3 rings (SSSR count). The lowest BCUT2D eigenvalue weighted by atomic mass is 10.1. The number of carbonyl (C=O) groups is 1. The minimum Gasteiger partial charge on any atom is -0.387 e. The van der Waals surface area contributed by atoms with Crippen molar-refractivity contribution in [2.45, 2.75) is 19.4 Å². The third-order valence-corrected chi connectivity index (χ3v) is 3.94. The van der Waals surface area contributed by atoms with E-state index in [1.54, 1.807) is 25.3 Å². The van der Waals surface area contributed by atoms with E-state index in [2.05, 4.69) is 20.5 Å². The molecule has 0 aliphatic carbocycles. The fraction of sp³-hybridized carbons (Fsp3) is 0.158. The van der Waals surface area contributed by atoms with E-state index < -0.39 is 12.0 Å². The van der Waals surface area contributed by atoms with Crippen LogP contribution in [0.15, 0.2) is 54.7 Å². The summed E-state index contributed by atoms with van der Waals surface area (Å²) in [5.41, 5.74) is 2.65. The second-order valence-corrected chi connectivity index (χ2v) is 6.27. The topological polar surface area (TPSA) is 88.0 Å². The van der Waals surface area contributed by atoms with Crippen molar-refractivity contribution in [3.8, 4) is 0 Å². The van der Waals surface area contributed by atoms with Gasteiger partial charge in [-0.1, -0.05) is 29.8 Å². The van der Waals surface area contributed by atoms with Gasteiger partial charge in [0.15, 0.2) is 5.69 Å². The van der Waals surface area contributed by atoms with E-state index in [4.69, 9.17) is 11.6 Å². The number of halogens is 1. The number of rotatable bonds is 5. The van der Waals surface area contributed by atoms with E-state index in [1.807, 2.05) is 30.3 Å². The van der Waals surface area contributed by atoms with Gasteiger partial charge in [-0.3, -0.25) is 4.79 Å². The maximum atomic E-state index is 12.2. The molecule has 0 bridgehead atoms. The Labute approximate surface area is 155 Å². The van der Waals surface area contributed by atoms with Gasteiger partial charge < -0.3 is 10.4 Å². The largest absolute Gasteiger partial charge is 0.387 e. The zero-order valence-corrected chi connectivity index (χ0v) is 14.8. The van der Waals surface area contributed by atoms with Gasteiger partial charge in [-0.2, -0.15) is 5.10 Å². The van der Waals surface area contributed by atoms with Crippen LogP contribution in [0.5, 0.6) is 0 Å². The fourth-order valence-corrected chi connectivity index (χ4v) is 2.57. The van der Waals surface area contributed by atoms with Crippen LogP contribution >= 0.6 is 11.6 Å². The van der Waals surface area contributed by atoms with Crippen LogP contribution < -0.4 is 5.32 Å². The number of hydrogen-bond donors (Lipinski definition) is 2. The average Bonchev–Trinajstić information content (AvgIpc) is 2.63. The molecular weight excluding hydrogens is 352 g/mol. The third-order valence-electron chi connectivity index (χ3n) is 3.71. The van der Waals surface area contributed by atoms with Crippen LogP contribution in [0.2, 0.25) is 5.02 Å². The number of pyridine rings is 1. The number of nitrogens with one attached hydrogen (secondary N) is 1. The van der Waals surface area contributed by atoms with Gasteiger partial charge in [0.25, 0.3) is 5.91 Å². The van der Waals surface area contributed by atoms with Crippen LogP contribution in [0.3, 0.4) is 0 Å². The van der Waals surface area contributed by atoms with Gasteiger partial charge >= 0.3 is 0 Å². The van der Waals surface area contributed by atoms with Gasteiger partial charge in [0.05, 0.1) is 11.8 Å². The second kappa shape index (κ2) is 8.03. The highest BCUT2D eigenvalue weighted by molar-refractivity contribution is 6.30.